The van der Waals surface area contributed by atoms with Gasteiger partial charge in [-0.05, 0) is 31.2 Å². The molecule has 1 aromatic rings. The number of likely N-dealkylation sites (N-methyl/N-ethyl adjacent to an activating group) is 1. The van der Waals surface area contributed by atoms with Gasteiger partial charge in [0.2, 0.25) is 0 Å². The molecule has 0 aliphatic heterocycles. The summed E-state index contributed by atoms with van der Waals surface area (Å²) in [4.78, 5) is 0. The first-order valence-electron chi connectivity index (χ1n) is 6.41. The lowest BCUT2D eigenvalue weighted by Gasteiger charge is -2.18. The van der Waals surface area contributed by atoms with Crippen molar-refractivity contribution in [3.05, 3.63) is 35.4 Å². The number of nitrogens with one attached hydrogen (secondary N) is 1. The van der Waals surface area contributed by atoms with E-state index in [1.165, 1.54) is 12.1 Å². The number of hydrogen-bond acceptors (Lipinski definition) is 2. The smallest absolute Gasteiger partial charge is 0.379 e. The minimum absolute atomic E-state index is 0.223. The third kappa shape index (κ3) is 5.20. The maximum Gasteiger partial charge on any atom is 0.416 e. The van der Waals surface area contributed by atoms with Crippen LogP contribution >= 0.6 is 0 Å². The van der Waals surface area contributed by atoms with Gasteiger partial charge in [0.15, 0.2) is 0 Å². The molecule has 108 valence electrons. The fourth-order valence-electron chi connectivity index (χ4n) is 1.73. The van der Waals surface area contributed by atoms with Crippen molar-refractivity contribution >= 4 is 0 Å². The highest BCUT2D eigenvalue weighted by atomic mass is 19.4. The molecule has 2 nitrogen and oxygen atoms in total. The average Bonchev–Trinajstić information content (AvgIpc) is 2.38. The molecule has 1 aromatic carbocycles. The summed E-state index contributed by atoms with van der Waals surface area (Å²) in [6.45, 7) is 3.07. The SMILES string of the molecule is CCCCOCC(NC)c1cccc(C(F)(F)F)c1. The van der Waals surface area contributed by atoms with Gasteiger partial charge in [0.25, 0.3) is 0 Å². The largest absolute Gasteiger partial charge is 0.416 e. The van der Waals surface area contributed by atoms with Crippen molar-refractivity contribution in [3.8, 4) is 0 Å². The molecule has 1 unspecified atom stereocenters. The zero-order valence-corrected chi connectivity index (χ0v) is 11.3. The number of hydrogen-bond donors (Lipinski definition) is 1. The third-order valence-electron chi connectivity index (χ3n) is 2.89. The zero-order valence-electron chi connectivity index (χ0n) is 11.3. The Bertz CT molecular complexity index is 379. The van der Waals surface area contributed by atoms with E-state index in [4.69, 9.17) is 4.74 Å². The minimum Gasteiger partial charge on any atom is -0.379 e. The normalized spacial score (nSPS) is 13.5. The molecule has 0 aromatic heterocycles. The van der Waals surface area contributed by atoms with E-state index >= 15 is 0 Å². The van der Waals surface area contributed by atoms with Gasteiger partial charge < -0.3 is 10.1 Å². The van der Waals surface area contributed by atoms with Crippen LogP contribution in [0.15, 0.2) is 24.3 Å². The molecular formula is C14H20F3NO. The first-order valence-corrected chi connectivity index (χ1v) is 6.41. The molecule has 19 heavy (non-hydrogen) atoms. The second-order valence-corrected chi connectivity index (χ2v) is 4.39. The Morgan fingerprint density at radius 3 is 2.63 bits per heavy atom. The number of halogens is 3. The van der Waals surface area contributed by atoms with Gasteiger partial charge in [-0.1, -0.05) is 25.5 Å². The van der Waals surface area contributed by atoms with Crippen LogP contribution in [0.25, 0.3) is 0 Å². The minimum atomic E-state index is -4.31. The van der Waals surface area contributed by atoms with Gasteiger partial charge in [0, 0.05) is 6.61 Å². The molecule has 0 spiro atoms. The quantitative estimate of drug-likeness (QED) is 0.765. The van der Waals surface area contributed by atoms with Crippen LogP contribution in [0.3, 0.4) is 0 Å². The summed E-state index contributed by atoms with van der Waals surface area (Å²) in [5.74, 6) is 0. The van der Waals surface area contributed by atoms with Crippen molar-refractivity contribution in [1.29, 1.82) is 0 Å². The lowest BCUT2D eigenvalue weighted by molar-refractivity contribution is -0.137. The predicted octanol–water partition coefficient (Wildman–Crippen LogP) is 3.78. The molecule has 0 amide bonds. The summed E-state index contributed by atoms with van der Waals surface area (Å²) in [6, 6.07) is 5.13. The Labute approximate surface area is 112 Å². The van der Waals surface area contributed by atoms with Gasteiger partial charge in [-0.25, -0.2) is 0 Å². The second kappa shape index (κ2) is 7.50. The van der Waals surface area contributed by atoms with Crippen molar-refractivity contribution in [3.63, 3.8) is 0 Å². The van der Waals surface area contributed by atoms with Crippen molar-refractivity contribution in [2.24, 2.45) is 0 Å². The van der Waals surface area contributed by atoms with Crippen LogP contribution in [0.1, 0.15) is 36.9 Å². The molecule has 0 bridgehead atoms. The van der Waals surface area contributed by atoms with Crippen LogP contribution in [0, 0.1) is 0 Å². The molecule has 0 fully saturated rings. The molecule has 1 rings (SSSR count). The zero-order chi connectivity index (χ0) is 14.3. The van der Waals surface area contributed by atoms with E-state index in [1.54, 1.807) is 13.1 Å². The second-order valence-electron chi connectivity index (χ2n) is 4.39. The van der Waals surface area contributed by atoms with Crippen molar-refractivity contribution in [2.45, 2.75) is 32.0 Å². The number of alkyl halides is 3. The van der Waals surface area contributed by atoms with Gasteiger partial charge in [0.1, 0.15) is 0 Å². The van der Waals surface area contributed by atoms with Crippen LogP contribution in [-0.2, 0) is 10.9 Å². The van der Waals surface area contributed by atoms with E-state index in [0.717, 1.165) is 18.9 Å². The number of ether oxygens (including phenoxy) is 1. The Hall–Kier alpha value is -1.07. The van der Waals surface area contributed by atoms with Crippen molar-refractivity contribution < 1.29 is 17.9 Å². The number of unbranched alkanes of at least 4 members (excludes halogenated alkanes) is 1. The highest BCUT2D eigenvalue weighted by Crippen LogP contribution is 2.30. The third-order valence-corrected chi connectivity index (χ3v) is 2.89. The first-order chi connectivity index (χ1) is 8.99. The van der Waals surface area contributed by atoms with Gasteiger partial charge in [-0.15, -0.1) is 0 Å². The standard InChI is InChI=1S/C14H20F3NO/c1-3-4-8-19-10-13(18-2)11-6-5-7-12(9-11)14(15,16)17/h5-7,9,13,18H,3-4,8,10H2,1-2H3. The lowest BCUT2D eigenvalue weighted by Crippen LogP contribution is -2.22. The molecule has 0 saturated heterocycles. The van der Waals surface area contributed by atoms with Gasteiger partial charge in [-0.2, -0.15) is 13.2 Å². The topological polar surface area (TPSA) is 21.3 Å². The molecule has 0 aliphatic rings. The summed E-state index contributed by atoms with van der Waals surface area (Å²) >= 11 is 0. The molecule has 1 N–H and O–H groups in total. The molecule has 5 heteroatoms. The number of benzene rings is 1. The monoisotopic (exact) mass is 275 g/mol. The van der Waals surface area contributed by atoms with E-state index in [9.17, 15) is 13.2 Å². The fraction of sp³-hybridized carbons (Fsp3) is 0.571. The van der Waals surface area contributed by atoms with E-state index in [-0.39, 0.29) is 6.04 Å². The van der Waals surface area contributed by atoms with E-state index < -0.39 is 11.7 Å². The van der Waals surface area contributed by atoms with Crippen LogP contribution in [0.5, 0.6) is 0 Å². The van der Waals surface area contributed by atoms with Crippen LogP contribution in [-0.4, -0.2) is 20.3 Å². The van der Waals surface area contributed by atoms with Crippen LogP contribution < -0.4 is 5.32 Å². The van der Waals surface area contributed by atoms with Crippen molar-refractivity contribution in [1.82, 2.24) is 5.32 Å². The average molecular weight is 275 g/mol. The van der Waals surface area contributed by atoms with E-state index in [0.29, 0.717) is 18.8 Å². The highest BCUT2D eigenvalue weighted by Gasteiger charge is 2.30. The summed E-state index contributed by atoms with van der Waals surface area (Å²) in [6.07, 6.45) is -2.32. The summed E-state index contributed by atoms with van der Waals surface area (Å²) in [5.41, 5.74) is -0.0346. The predicted molar refractivity (Wildman–Crippen MR) is 69.0 cm³/mol. The Kier molecular flexibility index (Phi) is 6.31. The van der Waals surface area contributed by atoms with Crippen LogP contribution in [0.2, 0.25) is 0 Å². The summed E-state index contributed by atoms with van der Waals surface area (Å²) in [5, 5.41) is 2.98. The highest BCUT2D eigenvalue weighted by molar-refractivity contribution is 5.28. The molecule has 0 aliphatic carbocycles. The first kappa shape index (κ1) is 16.0. The summed E-state index contributed by atoms with van der Waals surface area (Å²) < 4.78 is 43.4. The van der Waals surface area contributed by atoms with E-state index in [1.807, 2.05) is 0 Å². The lowest BCUT2D eigenvalue weighted by atomic mass is 10.0. The van der Waals surface area contributed by atoms with Gasteiger partial charge in [0.05, 0.1) is 18.2 Å². The van der Waals surface area contributed by atoms with Crippen LogP contribution in [0.4, 0.5) is 13.2 Å². The van der Waals surface area contributed by atoms with Gasteiger partial charge >= 0.3 is 6.18 Å². The molecule has 0 saturated carbocycles. The molecule has 0 heterocycles. The molecule has 1 atom stereocenters. The number of rotatable bonds is 7. The maximum absolute atomic E-state index is 12.6. The molecule has 0 radical (unpaired) electrons. The van der Waals surface area contributed by atoms with Crippen molar-refractivity contribution in [2.75, 3.05) is 20.3 Å². The Balaban J connectivity index is 2.70. The maximum atomic E-state index is 12.6. The Morgan fingerprint density at radius 2 is 2.05 bits per heavy atom. The van der Waals surface area contributed by atoms with E-state index in [2.05, 4.69) is 12.2 Å². The molecular weight excluding hydrogens is 255 g/mol. The fourth-order valence-corrected chi connectivity index (χ4v) is 1.73. The van der Waals surface area contributed by atoms with Gasteiger partial charge in [-0.3, -0.25) is 0 Å². The Morgan fingerprint density at radius 1 is 1.32 bits per heavy atom. The summed E-state index contributed by atoms with van der Waals surface area (Å²) in [7, 11) is 1.72.